The summed E-state index contributed by atoms with van der Waals surface area (Å²) in [4.78, 5) is 23.5. The molecule has 7 heteroatoms. The molecule has 1 aliphatic carbocycles. The summed E-state index contributed by atoms with van der Waals surface area (Å²) < 4.78 is 5.70. The Hall–Kier alpha value is -2.57. The van der Waals surface area contributed by atoms with Crippen molar-refractivity contribution >= 4 is 29.9 Å². The molecule has 0 bridgehead atoms. The molecule has 1 aliphatic rings. The summed E-state index contributed by atoms with van der Waals surface area (Å²) in [5.41, 5.74) is 11.7. The van der Waals surface area contributed by atoms with E-state index >= 15 is 0 Å². The molecular weight excluding hydrogens is 354 g/mol. The number of halogens is 1. The quantitative estimate of drug-likeness (QED) is 0.745. The summed E-state index contributed by atoms with van der Waals surface area (Å²) in [6.45, 7) is 0. The third kappa shape index (κ3) is 4.53. The van der Waals surface area contributed by atoms with Gasteiger partial charge in [-0.3, -0.25) is 9.59 Å². The highest BCUT2D eigenvalue weighted by Gasteiger charge is 2.36. The third-order valence-corrected chi connectivity index (χ3v) is 4.41. The monoisotopic (exact) mass is 375 g/mol. The summed E-state index contributed by atoms with van der Waals surface area (Å²) in [6, 6.07) is 13.6. The van der Waals surface area contributed by atoms with Crippen LogP contribution in [0.2, 0.25) is 0 Å². The number of nitrogens with one attached hydrogen (secondary N) is 1. The molecule has 6 nitrogen and oxygen atoms in total. The number of hydrogen-bond donors (Lipinski definition) is 3. The van der Waals surface area contributed by atoms with E-state index in [1.807, 2.05) is 0 Å². The van der Waals surface area contributed by atoms with Crippen molar-refractivity contribution < 1.29 is 14.3 Å². The zero-order valence-electron chi connectivity index (χ0n) is 14.2. The van der Waals surface area contributed by atoms with E-state index in [0.29, 0.717) is 22.7 Å². The van der Waals surface area contributed by atoms with Crippen LogP contribution in [0.25, 0.3) is 0 Å². The molecule has 0 spiro atoms. The molecule has 0 aromatic heterocycles. The smallest absolute Gasteiger partial charge is 0.248 e. The van der Waals surface area contributed by atoms with E-state index in [-0.39, 0.29) is 18.3 Å². The van der Waals surface area contributed by atoms with Crippen LogP contribution in [-0.2, 0) is 4.79 Å². The highest BCUT2D eigenvalue weighted by Crippen LogP contribution is 2.29. The van der Waals surface area contributed by atoms with Gasteiger partial charge in [0.05, 0.1) is 5.54 Å². The van der Waals surface area contributed by atoms with Gasteiger partial charge in [-0.05, 0) is 55.3 Å². The fourth-order valence-corrected chi connectivity index (χ4v) is 2.94. The second-order valence-electron chi connectivity index (χ2n) is 6.34. The molecule has 0 atom stereocenters. The molecule has 0 heterocycles. The van der Waals surface area contributed by atoms with Crippen molar-refractivity contribution in [3.63, 3.8) is 0 Å². The predicted molar refractivity (Wildman–Crippen MR) is 103 cm³/mol. The molecule has 1 fully saturated rings. The Labute approximate surface area is 158 Å². The Morgan fingerprint density at radius 2 is 1.65 bits per heavy atom. The Balaban J connectivity index is 0.00000243. The number of carbonyl (C=O) groups is 2. The van der Waals surface area contributed by atoms with Crippen molar-refractivity contribution in [2.45, 2.75) is 31.2 Å². The molecule has 1 saturated carbocycles. The van der Waals surface area contributed by atoms with Crippen LogP contribution >= 0.6 is 12.4 Å². The van der Waals surface area contributed by atoms with Crippen LogP contribution in [0.1, 0.15) is 36.0 Å². The average molecular weight is 376 g/mol. The first-order chi connectivity index (χ1) is 12.0. The van der Waals surface area contributed by atoms with Gasteiger partial charge in [0.1, 0.15) is 11.5 Å². The molecule has 0 aliphatic heterocycles. The molecule has 5 N–H and O–H groups in total. The number of hydrogen-bond acceptors (Lipinski definition) is 4. The Bertz CT molecular complexity index is 787. The van der Waals surface area contributed by atoms with E-state index in [2.05, 4.69) is 5.32 Å². The Morgan fingerprint density at radius 3 is 2.27 bits per heavy atom. The Morgan fingerprint density at radius 1 is 1.00 bits per heavy atom. The van der Waals surface area contributed by atoms with Crippen molar-refractivity contribution in [1.82, 2.24) is 0 Å². The van der Waals surface area contributed by atoms with E-state index in [1.54, 1.807) is 48.5 Å². The molecule has 2 aromatic rings. The summed E-state index contributed by atoms with van der Waals surface area (Å²) in [5, 5.41) is 2.86. The number of amides is 2. The van der Waals surface area contributed by atoms with Gasteiger partial charge in [-0.1, -0.05) is 18.9 Å². The first-order valence-electron chi connectivity index (χ1n) is 8.24. The van der Waals surface area contributed by atoms with E-state index in [1.165, 1.54) is 0 Å². The van der Waals surface area contributed by atoms with Gasteiger partial charge in [0.15, 0.2) is 0 Å². The fourth-order valence-electron chi connectivity index (χ4n) is 2.94. The van der Waals surface area contributed by atoms with Crippen LogP contribution < -0.4 is 21.5 Å². The van der Waals surface area contributed by atoms with Crippen molar-refractivity contribution in [2.24, 2.45) is 11.5 Å². The number of nitrogens with two attached hydrogens (primary N) is 2. The van der Waals surface area contributed by atoms with Gasteiger partial charge in [0.2, 0.25) is 11.8 Å². The molecule has 0 saturated heterocycles. The summed E-state index contributed by atoms with van der Waals surface area (Å²) in [6.07, 6.45) is 3.41. The fraction of sp³-hybridized carbons (Fsp3) is 0.263. The lowest BCUT2D eigenvalue weighted by molar-refractivity contribution is -0.121. The minimum absolute atomic E-state index is 0. The van der Waals surface area contributed by atoms with Crippen LogP contribution in [0.15, 0.2) is 48.5 Å². The van der Waals surface area contributed by atoms with Crippen molar-refractivity contribution in [2.75, 3.05) is 5.32 Å². The maximum absolute atomic E-state index is 12.3. The van der Waals surface area contributed by atoms with Gasteiger partial charge in [-0.15, -0.1) is 12.4 Å². The number of rotatable bonds is 5. The van der Waals surface area contributed by atoms with E-state index < -0.39 is 11.4 Å². The lowest BCUT2D eigenvalue weighted by Crippen LogP contribution is -2.48. The van der Waals surface area contributed by atoms with Gasteiger partial charge >= 0.3 is 0 Å². The van der Waals surface area contributed by atoms with Gasteiger partial charge in [-0.25, -0.2) is 0 Å². The number of carbonyl (C=O) groups excluding carboxylic acids is 2. The summed E-state index contributed by atoms with van der Waals surface area (Å²) in [7, 11) is 0. The van der Waals surface area contributed by atoms with E-state index in [0.717, 1.165) is 25.7 Å². The predicted octanol–water partition coefficient (Wildman–Crippen LogP) is 3.21. The lowest BCUT2D eigenvalue weighted by Gasteiger charge is -2.22. The van der Waals surface area contributed by atoms with Crippen molar-refractivity contribution in [1.29, 1.82) is 0 Å². The zero-order chi connectivity index (χ0) is 17.9. The van der Waals surface area contributed by atoms with E-state index in [4.69, 9.17) is 16.2 Å². The van der Waals surface area contributed by atoms with Gasteiger partial charge in [-0.2, -0.15) is 0 Å². The molecule has 2 amide bonds. The van der Waals surface area contributed by atoms with Crippen LogP contribution in [-0.4, -0.2) is 17.4 Å². The largest absolute Gasteiger partial charge is 0.457 e. The van der Waals surface area contributed by atoms with Crippen molar-refractivity contribution in [3.8, 4) is 11.5 Å². The molecule has 138 valence electrons. The highest BCUT2D eigenvalue weighted by molar-refractivity contribution is 5.98. The van der Waals surface area contributed by atoms with Crippen LogP contribution in [0.5, 0.6) is 11.5 Å². The second-order valence-corrected chi connectivity index (χ2v) is 6.34. The normalized spacial score (nSPS) is 15.0. The molecule has 3 rings (SSSR count). The second kappa shape index (κ2) is 8.21. The molecule has 2 aromatic carbocycles. The minimum Gasteiger partial charge on any atom is -0.457 e. The van der Waals surface area contributed by atoms with Crippen LogP contribution in [0, 0.1) is 0 Å². The first kappa shape index (κ1) is 19.8. The molecule has 0 unspecified atom stereocenters. The number of primary amides is 1. The highest BCUT2D eigenvalue weighted by atomic mass is 35.5. The molecule has 0 radical (unpaired) electrons. The van der Waals surface area contributed by atoms with Crippen LogP contribution in [0.4, 0.5) is 5.69 Å². The standard InChI is InChI=1S/C19H21N3O3.ClH/c20-17(23)13-4-3-5-16(12-13)25-15-8-6-14(7-9-15)22-18(24)19(21)10-1-2-11-19;/h3-9,12H,1-2,10-11,21H2,(H2,20,23)(H,22,24);1H. The van der Waals surface area contributed by atoms with Gasteiger partial charge < -0.3 is 21.5 Å². The van der Waals surface area contributed by atoms with Crippen molar-refractivity contribution in [3.05, 3.63) is 54.1 Å². The summed E-state index contributed by atoms with van der Waals surface area (Å²) in [5.74, 6) is 0.446. The number of anilines is 1. The maximum Gasteiger partial charge on any atom is 0.248 e. The first-order valence-corrected chi connectivity index (χ1v) is 8.24. The molecular formula is C19H22ClN3O3. The van der Waals surface area contributed by atoms with Crippen LogP contribution in [0.3, 0.4) is 0 Å². The number of ether oxygens (including phenoxy) is 1. The number of benzene rings is 2. The molecule has 26 heavy (non-hydrogen) atoms. The summed E-state index contributed by atoms with van der Waals surface area (Å²) >= 11 is 0. The third-order valence-electron chi connectivity index (χ3n) is 4.41. The average Bonchev–Trinajstić information content (AvgIpc) is 3.05. The topological polar surface area (TPSA) is 107 Å². The zero-order valence-corrected chi connectivity index (χ0v) is 15.1. The minimum atomic E-state index is -0.760. The van der Waals surface area contributed by atoms with Gasteiger partial charge in [0, 0.05) is 11.3 Å². The lowest BCUT2D eigenvalue weighted by atomic mass is 9.98. The van der Waals surface area contributed by atoms with E-state index in [9.17, 15) is 9.59 Å². The maximum atomic E-state index is 12.3. The van der Waals surface area contributed by atoms with Gasteiger partial charge in [0.25, 0.3) is 0 Å². The SMILES string of the molecule is Cl.NC(=O)c1cccc(Oc2ccc(NC(=O)C3(N)CCCC3)cc2)c1. The Kier molecular flexibility index (Phi) is 6.23.